The molecule has 7 nitrogen and oxygen atoms in total. The van der Waals surface area contributed by atoms with Crippen molar-refractivity contribution in [2.45, 2.75) is 51.1 Å². The Bertz CT molecular complexity index is 1410. The molecule has 1 atom stereocenters. The summed E-state index contributed by atoms with van der Waals surface area (Å²) < 4.78 is 28.8. The summed E-state index contributed by atoms with van der Waals surface area (Å²) in [5, 5.41) is 3.91. The molecular formula is C29H32Cl3N3O4S. The van der Waals surface area contributed by atoms with Crippen LogP contribution in [0, 0.1) is 6.92 Å². The van der Waals surface area contributed by atoms with Crippen molar-refractivity contribution in [2.75, 3.05) is 17.4 Å². The number of amides is 2. The minimum Gasteiger partial charge on any atom is -0.354 e. The van der Waals surface area contributed by atoms with Gasteiger partial charge in [0.05, 0.1) is 10.6 Å². The maximum absolute atomic E-state index is 14.1. The van der Waals surface area contributed by atoms with Crippen LogP contribution in [-0.2, 0) is 26.2 Å². The lowest BCUT2D eigenvalue weighted by Crippen LogP contribution is -2.52. The third kappa shape index (κ3) is 7.69. The standard InChI is InChI=1S/C29H32Cl3N3O4S/c1-4-17-33-29(37)27(5-2)34(18-24-25(31)7-6-8-26(24)32)28(36)19-35(22-13-11-21(30)12-14-22)40(38,39)23-15-9-20(3)10-16-23/h6-16,27H,4-5,17-19H2,1-3H3,(H,33,37). The molecule has 0 aromatic heterocycles. The van der Waals surface area contributed by atoms with Gasteiger partial charge >= 0.3 is 0 Å². The Balaban J connectivity index is 2.08. The topological polar surface area (TPSA) is 86.8 Å². The second kappa shape index (κ2) is 14.2. The van der Waals surface area contributed by atoms with Crippen molar-refractivity contribution in [3.63, 3.8) is 0 Å². The van der Waals surface area contributed by atoms with E-state index in [0.29, 0.717) is 33.6 Å². The van der Waals surface area contributed by atoms with Gasteiger partial charge in [-0.25, -0.2) is 8.42 Å². The largest absolute Gasteiger partial charge is 0.354 e. The van der Waals surface area contributed by atoms with Crippen LogP contribution in [0.2, 0.25) is 15.1 Å². The van der Waals surface area contributed by atoms with Crippen molar-refractivity contribution >= 4 is 62.3 Å². The number of rotatable bonds is 12. The predicted octanol–water partition coefficient (Wildman–Crippen LogP) is 6.48. The molecule has 214 valence electrons. The van der Waals surface area contributed by atoms with E-state index in [-0.39, 0.29) is 29.5 Å². The molecule has 0 aliphatic rings. The Kier molecular flexibility index (Phi) is 11.3. The number of carbonyl (C=O) groups excluding carboxylic acids is 2. The number of halogens is 3. The smallest absolute Gasteiger partial charge is 0.264 e. The van der Waals surface area contributed by atoms with E-state index in [1.165, 1.54) is 29.2 Å². The highest BCUT2D eigenvalue weighted by Crippen LogP contribution is 2.29. The van der Waals surface area contributed by atoms with Gasteiger partial charge in [0.25, 0.3) is 10.0 Å². The first-order chi connectivity index (χ1) is 19.0. The molecule has 3 rings (SSSR count). The van der Waals surface area contributed by atoms with E-state index in [4.69, 9.17) is 34.8 Å². The number of anilines is 1. The third-order valence-electron chi connectivity index (χ3n) is 6.33. The van der Waals surface area contributed by atoms with Gasteiger partial charge in [-0.05, 0) is 68.3 Å². The van der Waals surface area contributed by atoms with E-state index in [0.717, 1.165) is 9.87 Å². The fraction of sp³-hybridized carbons (Fsp3) is 0.310. The summed E-state index contributed by atoms with van der Waals surface area (Å²) in [5.74, 6) is -0.944. The summed E-state index contributed by atoms with van der Waals surface area (Å²) in [5.41, 5.74) is 1.60. The Labute approximate surface area is 251 Å². The van der Waals surface area contributed by atoms with Gasteiger partial charge in [0, 0.05) is 33.7 Å². The Morgan fingerprint density at radius 1 is 0.900 bits per heavy atom. The van der Waals surface area contributed by atoms with E-state index >= 15 is 0 Å². The molecular weight excluding hydrogens is 593 g/mol. The van der Waals surface area contributed by atoms with Gasteiger partial charge in [0.15, 0.2) is 0 Å². The summed E-state index contributed by atoms with van der Waals surface area (Å²) in [6.07, 6.45) is 1.00. The third-order valence-corrected chi connectivity index (χ3v) is 9.08. The minimum atomic E-state index is -4.18. The first-order valence-corrected chi connectivity index (χ1v) is 15.4. The van der Waals surface area contributed by atoms with Gasteiger partial charge in [0.1, 0.15) is 12.6 Å². The van der Waals surface area contributed by atoms with Crippen LogP contribution in [-0.4, -0.2) is 44.3 Å². The Hall–Kier alpha value is -2.78. The molecule has 2 amide bonds. The number of sulfonamides is 1. The van der Waals surface area contributed by atoms with Crippen molar-refractivity contribution in [1.82, 2.24) is 10.2 Å². The molecule has 0 heterocycles. The Morgan fingerprint density at radius 3 is 2.05 bits per heavy atom. The zero-order valence-electron chi connectivity index (χ0n) is 22.5. The van der Waals surface area contributed by atoms with Crippen LogP contribution < -0.4 is 9.62 Å². The summed E-state index contributed by atoms with van der Waals surface area (Å²) in [4.78, 5) is 28.6. The fourth-order valence-electron chi connectivity index (χ4n) is 4.11. The van der Waals surface area contributed by atoms with Gasteiger partial charge in [-0.15, -0.1) is 0 Å². The van der Waals surface area contributed by atoms with Crippen LogP contribution in [0.5, 0.6) is 0 Å². The number of hydrogen-bond donors (Lipinski definition) is 1. The normalized spacial score (nSPS) is 12.1. The number of hydrogen-bond acceptors (Lipinski definition) is 4. The number of benzene rings is 3. The van der Waals surface area contributed by atoms with Crippen molar-refractivity contribution < 1.29 is 18.0 Å². The average Bonchev–Trinajstić information content (AvgIpc) is 2.92. The molecule has 0 aliphatic carbocycles. The number of nitrogens with one attached hydrogen (secondary N) is 1. The summed E-state index contributed by atoms with van der Waals surface area (Å²) >= 11 is 18.9. The number of nitrogens with zero attached hydrogens (tertiary/aromatic N) is 2. The molecule has 1 N–H and O–H groups in total. The van der Waals surface area contributed by atoms with Gasteiger partial charge in [-0.1, -0.05) is 72.4 Å². The molecule has 0 saturated carbocycles. The summed E-state index contributed by atoms with van der Waals surface area (Å²) in [6, 6.07) is 16.6. The summed E-state index contributed by atoms with van der Waals surface area (Å²) in [7, 11) is -4.18. The van der Waals surface area contributed by atoms with E-state index in [1.807, 2.05) is 13.8 Å². The molecule has 0 bridgehead atoms. The maximum Gasteiger partial charge on any atom is 0.264 e. The molecule has 3 aromatic carbocycles. The van der Waals surface area contributed by atoms with Crippen molar-refractivity contribution in [1.29, 1.82) is 0 Å². The van der Waals surface area contributed by atoms with Gasteiger partial charge in [0.2, 0.25) is 11.8 Å². The monoisotopic (exact) mass is 623 g/mol. The highest BCUT2D eigenvalue weighted by atomic mass is 35.5. The second-order valence-electron chi connectivity index (χ2n) is 9.24. The van der Waals surface area contributed by atoms with E-state index in [1.54, 1.807) is 49.4 Å². The van der Waals surface area contributed by atoms with E-state index < -0.39 is 28.5 Å². The van der Waals surface area contributed by atoms with Gasteiger partial charge in [-0.2, -0.15) is 0 Å². The van der Waals surface area contributed by atoms with Crippen LogP contribution in [0.3, 0.4) is 0 Å². The lowest BCUT2D eigenvalue weighted by atomic mass is 10.1. The van der Waals surface area contributed by atoms with Crippen molar-refractivity contribution in [3.05, 3.63) is 92.9 Å². The van der Waals surface area contributed by atoms with Crippen LogP contribution >= 0.6 is 34.8 Å². The van der Waals surface area contributed by atoms with Gasteiger partial charge in [-0.3, -0.25) is 13.9 Å². The summed E-state index contributed by atoms with van der Waals surface area (Å²) in [6.45, 7) is 5.33. The van der Waals surface area contributed by atoms with Crippen LogP contribution in [0.1, 0.15) is 37.8 Å². The molecule has 0 saturated heterocycles. The predicted molar refractivity (Wildman–Crippen MR) is 162 cm³/mol. The molecule has 1 unspecified atom stereocenters. The van der Waals surface area contributed by atoms with Crippen LogP contribution in [0.15, 0.2) is 71.6 Å². The molecule has 3 aromatic rings. The molecule has 0 fully saturated rings. The lowest BCUT2D eigenvalue weighted by molar-refractivity contribution is -0.140. The second-order valence-corrected chi connectivity index (χ2v) is 12.4. The highest BCUT2D eigenvalue weighted by molar-refractivity contribution is 7.92. The highest BCUT2D eigenvalue weighted by Gasteiger charge is 2.34. The Morgan fingerprint density at radius 2 is 1.50 bits per heavy atom. The number of carbonyl (C=O) groups is 2. The molecule has 0 aliphatic heterocycles. The van der Waals surface area contributed by atoms with E-state index in [2.05, 4.69) is 5.32 Å². The zero-order chi connectivity index (χ0) is 29.4. The van der Waals surface area contributed by atoms with Crippen molar-refractivity contribution in [2.24, 2.45) is 0 Å². The maximum atomic E-state index is 14.1. The molecule has 11 heteroatoms. The van der Waals surface area contributed by atoms with E-state index in [9.17, 15) is 18.0 Å². The number of aryl methyl sites for hydroxylation is 1. The first kappa shape index (κ1) is 31.7. The first-order valence-electron chi connectivity index (χ1n) is 12.8. The van der Waals surface area contributed by atoms with Crippen LogP contribution in [0.25, 0.3) is 0 Å². The quantitative estimate of drug-likeness (QED) is 0.250. The zero-order valence-corrected chi connectivity index (χ0v) is 25.6. The minimum absolute atomic E-state index is 0.0225. The van der Waals surface area contributed by atoms with Crippen LogP contribution in [0.4, 0.5) is 5.69 Å². The fourth-order valence-corrected chi connectivity index (χ4v) is 6.17. The van der Waals surface area contributed by atoms with Crippen molar-refractivity contribution in [3.8, 4) is 0 Å². The molecule has 0 spiro atoms. The SMILES string of the molecule is CCCNC(=O)C(CC)N(Cc1c(Cl)cccc1Cl)C(=O)CN(c1ccc(Cl)cc1)S(=O)(=O)c1ccc(C)cc1. The lowest BCUT2D eigenvalue weighted by Gasteiger charge is -2.33. The average molecular weight is 625 g/mol. The molecule has 40 heavy (non-hydrogen) atoms. The van der Waals surface area contributed by atoms with Gasteiger partial charge < -0.3 is 10.2 Å². The molecule has 0 radical (unpaired) electrons.